The summed E-state index contributed by atoms with van der Waals surface area (Å²) >= 11 is 0. The monoisotopic (exact) mass is 324 g/mol. The first-order valence-electron chi connectivity index (χ1n) is 9.19. The van der Waals surface area contributed by atoms with Crippen LogP contribution in [0, 0.1) is 0 Å². The van der Waals surface area contributed by atoms with Crippen LogP contribution < -0.4 is 0 Å². The standard InChI is InChI=1S/C20H28N4/c1-3-4-5-6-7-8-20-21-15-19(22-20)17-11-9-16(10-12-17)18-13-14-24(2)23-18/h9-12,15H,3-8,13-14H2,1-2H3,(H,21,22). The van der Waals surface area contributed by atoms with Crippen molar-refractivity contribution in [1.82, 2.24) is 15.0 Å². The fourth-order valence-corrected chi connectivity index (χ4v) is 3.15. The zero-order valence-electron chi connectivity index (χ0n) is 14.9. The molecule has 0 radical (unpaired) electrons. The third-order valence-electron chi connectivity index (χ3n) is 4.64. The van der Waals surface area contributed by atoms with Crippen LogP contribution in [0.25, 0.3) is 11.3 Å². The van der Waals surface area contributed by atoms with Crippen LogP contribution in [0.3, 0.4) is 0 Å². The van der Waals surface area contributed by atoms with Crippen molar-refractivity contribution in [2.24, 2.45) is 5.10 Å². The number of rotatable bonds is 8. The Labute approximate surface area is 145 Å². The normalized spacial score (nSPS) is 14.2. The Bertz CT molecular complexity index is 669. The van der Waals surface area contributed by atoms with E-state index < -0.39 is 0 Å². The summed E-state index contributed by atoms with van der Waals surface area (Å²) < 4.78 is 0. The van der Waals surface area contributed by atoms with Crippen LogP contribution in [0.5, 0.6) is 0 Å². The second kappa shape index (κ2) is 8.13. The molecule has 1 aromatic carbocycles. The van der Waals surface area contributed by atoms with Gasteiger partial charge in [0.1, 0.15) is 5.82 Å². The first-order chi connectivity index (χ1) is 11.8. The number of H-pyrrole nitrogens is 1. The highest BCUT2D eigenvalue weighted by Gasteiger charge is 2.13. The number of aromatic nitrogens is 2. The number of aromatic amines is 1. The Morgan fingerprint density at radius 1 is 1.04 bits per heavy atom. The molecule has 1 aliphatic rings. The molecule has 1 aromatic heterocycles. The van der Waals surface area contributed by atoms with Gasteiger partial charge in [0.25, 0.3) is 0 Å². The van der Waals surface area contributed by atoms with Crippen molar-refractivity contribution in [2.45, 2.75) is 51.9 Å². The summed E-state index contributed by atoms with van der Waals surface area (Å²) in [7, 11) is 2.02. The summed E-state index contributed by atoms with van der Waals surface area (Å²) in [4.78, 5) is 8.00. The summed E-state index contributed by atoms with van der Waals surface area (Å²) in [6.07, 6.45) is 10.5. The molecular formula is C20H28N4. The van der Waals surface area contributed by atoms with E-state index in [9.17, 15) is 0 Å². The third kappa shape index (κ3) is 4.25. The van der Waals surface area contributed by atoms with Crippen LogP contribution in [0.4, 0.5) is 0 Å². The molecule has 0 atom stereocenters. The van der Waals surface area contributed by atoms with Crippen LogP contribution in [-0.4, -0.2) is 34.3 Å². The van der Waals surface area contributed by atoms with Gasteiger partial charge < -0.3 is 4.98 Å². The molecule has 0 unspecified atom stereocenters. The van der Waals surface area contributed by atoms with Crippen molar-refractivity contribution in [3.63, 3.8) is 0 Å². The summed E-state index contributed by atoms with van der Waals surface area (Å²) in [6.45, 7) is 3.26. The van der Waals surface area contributed by atoms with Gasteiger partial charge in [0, 0.05) is 26.4 Å². The van der Waals surface area contributed by atoms with E-state index in [0.29, 0.717) is 0 Å². The molecule has 3 rings (SSSR count). The Hall–Kier alpha value is -2.10. The summed E-state index contributed by atoms with van der Waals surface area (Å²) in [5.41, 5.74) is 4.70. The lowest BCUT2D eigenvalue weighted by Gasteiger charge is -2.03. The summed E-state index contributed by atoms with van der Waals surface area (Å²) in [5.74, 6) is 1.10. The van der Waals surface area contributed by atoms with E-state index in [0.717, 1.165) is 30.9 Å². The van der Waals surface area contributed by atoms with Gasteiger partial charge in [0.2, 0.25) is 0 Å². The molecule has 2 heterocycles. The van der Waals surface area contributed by atoms with Gasteiger partial charge in [-0.25, -0.2) is 4.98 Å². The SMILES string of the molecule is CCCCCCCc1ncc(-c2ccc(C3=NN(C)CC3)cc2)[nH]1. The van der Waals surface area contributed by atoms with E-state index >= 15 is 0 Å². The second-order valence-electron chi connectivity index (χ2n) is 6.66. The van der Waals surface area contributed by atoms with Crippen molar-refractivity contribution in [2.75, 3.05) is 13.6 Å². The smallest absolute Gasteiger partial charge is 0.106 e. The average molecular weight is 324 g/mol. The number of hydrogen-bond donors (Lipinski definition) is 1. The maximum absolute atomic E-state index is 4.55. The second-order valence-corrected chi connectivity index (χ2v) is 6.66. The lowest BCUT2D eigenvalue weighted by molar-refractivity contribution is 0.393. The molecule has 0 saturated carbocycles. The van der Waals surface area contributed by atoms with Gasteiger partial charge >= 0.3 is 0 Å². The molecule has 1 N–H and O–H groups in total. The van der Waals surface area contributed by atoms with E-state index in [4.69, 9.17) is 0 Å². The predicted octanol–water partition coefficient (Wildman–Crippen LogP) is 4.63. The summed E-state index contributed by atoms with van der Waals surface area (Å²) in [5, 5.41) is 6.55. The van der Waals surface area contributed by atoms with E-state index in [1.54, 1.807) is 0 Å². The highest BCUT2D eigenvalue weighted by atomic mass is 15.5. The molecule has 4 heteroatoms. The summed E-state index contributed by atoms with van der Waals surface area (Å²) in [6, 6.07) is 8.65. The van der Waals surface area contributed by atoms with Gasteiger partial charge in [-0.2, -0.15) is 5.10 Å². The molecule has 0 amide bonds. The van der Waals surface area contributed by atoms with Gasteiger partial charge in [-0.15, -0.1) is 0 Å². The minimum Gasteiger partial charge on any atom is -0.342 e. The number of nitrogens with zero attached hydrogens (tertiary/aromatic N) is 3. The molecule has 0 bridgehead atoms. The van der Waals surface area contributed by atoms with Gasteiger partial charge in [-0.05, 0) is 17.5 Å². The van der Waals surface area contributed by atoms with E-state index in [-0.39, 0.29) is 0 Å². The zero-order chi connectivity index (χ0) is 16.8. The topological polar surface area (TPSA) is 44.3 Å². The number of nitrogens with one attached hydrogen (secondary N) is 1. The van der Waals surface area contributed by atoms with Gasteiger partial charge in [0.05, 0.1) is 17.6 Å². The third-order valence-corrected chi connectivity index (χ3v) is 4.64. The molecule has 2 aromatic rings. The molecule has 0 saturated heterocycles. The first kappa shape index (κ1) is 16.7. The number of hydrogen-bond acceptors (Lipinski definition) is 3. The number of hydrazone groups is 1. The van der Waals surface area contributed by atoms with Crippen LogP contribution >= 0.6 is 0 Å². The molecule has 4 nitrogen and oxygen atoms in total. The van der Waals surface area contributed by atoms with Crippen molar-refractivity contribution in [1.29, 1.82) is 0 Å². The molecule has 0 aliphatic carbocycles. The predicted molar refractivity (Wildman–Crippen MR) is 100 cm³/mol. The molecule has 24 heavy (non-hydrogen) atoms. The maximum Gasteiger partial charge on any atom is 0.106 e. The van der Waals surface area contributed by atoms with Gasteiger partial charge in [-0.1, -0.05) is 56.9 Å². The highest BCUT2D eigenvalue weighted by Crippen LogP contribution is 2.20. The van der Waals surface area contributed by atoms with Crippen LogP contribution in [0.1, 0.15) is 56.8 Å². The molecule has 128 valence electrons. The molecular weight excluding hydrogens is 296 g/mol. The minimum atomic E-state index is 1.01. The number of unbranched alkanes of at least 4 members (excludes halogenated alkanes) is 4. The highest BCUT2D eigenvalue weighted by molar-refractivity contribution is 6.01. The van der Waals surface area contributed by atoms with Crippen LogP contribution in [-0.2, 0) is 6.42 Å². The Balaban J connectivity index is 1.58. The van der Waals surface area contributed by atoms with Crippen LogP contribution in [0.15, 0.2) is 35.6 Å². The molecule has 1 aliphatic heterocycles. The van der Waals surface area contributed by atoms with Crippen molar-refractivity contribution in [3.05, 3.63) is 41.9 Å². The fraction of sp³-hybridized carbons (Fsp3) is 0.500. The van der Waals surface area contributed by atoms with E-state index in [1.165, 1.54) is 48.9 Å². The zero-order valence-corrected chi connectivity index (χ0v) is 14.9. The van der Waals surface area contributed by atoms with Crippen molar-refractivity contribution in [3.8, 4) is 11.3 Å². The van der Waals surface area contributed by atoms with Gasteiger partial charge in [-0.3, -0.25) is 5.01 Å². The largest absolute Gasteiger partial charge is 0.342 e. The van der Waals surface area contributed by atoms with E-state index in [2.05, 4.69) is 46.3 Å². The Morgan fingerprint density at radius 2 is 1.79 bits per heavy atom. The Morgan fingerprint density at radius 3 is 2.50 bits per heavy atom. The van der Waals surface area contributed by atoms with Gasteiger partial charge in [0.15, 0.2) is 0 Å². The lowest BCUT2D eigenvalue weighted by atomic mass is 10.0. The molecule has 0 fully saturated rings. The van der Waals surface area contributed by atoms with Crippen LogP contribution in [0.2, 0.25) is 0 Å². The quantitative estimate of drug-likeness (QED) is 0.720. The number of benzene rings is 1. The van der Waals surface area contributed by atoms with E-state index in [1.807, 2.05) is 18.3 Å². The minimum absolute atomic E-state index is 1.01. The first-order valence-corrected chi connectivity index (χ1v) is 9.19. The number of aryl methyl sites for hydroxylation is 1. The lowest BCUT2D eigenvalue weighted by Crippen LogP contribution is -2.04. The van der Waals surface area contributed by atoms with Crippen molar-refractivity contribution >= 4 is 5.71 Å². The Kier molecular flexibility index (Phi) is 5.68. The molecule has 0 spiro atoms. The maximum atomic E-state index is 4.55. The average Bonchev–Trinajstić information content (AvgIpc) is 3.24. The van der Waals surface area contributed by atoms with Crippen molar-refractivity contribution < 1.29 is 0 Å². The fourth-order valence-electron chi connectivity index (χ4n) is 3.15. The number of imidazole rings is 1.